The lowest BCUT2D eigenvalue weighted by Crippen LogP contribution is -2.02. The Labute approximate surface area is 141 Å². The predicted molar refractivity (Wildman–Crippen MR) is 97.8 cm³/mol. The molecule has 3 rings (SSSR count). The second-order valence-corrected chi connectivity index (χ2v) is 6.55. The summed E-state index contributed by atoms with van der Waals surface area (Å²) < 4.78 is 0. The lowest BCUT2D eigenvalue weighted by molar-refractivity contribution is 0.108. The number of carbonyl (C=O) groups is 1. The monoisotopic (exact) mass is 318 g/mol. The highest BCUT2D eigenvalue weighted by Crippen LogP contribution is 2.37. The van der Waals surface area contributed by atoms with Crippen molar-refractivity contribution in [3.63, 3.8) is 0 Å². The largest absolute Gasteiger partial charge is 0.282 e. The van der Waals surface area contributed by atoms with Crippen molar-refractivity contribution in [1.82, 2.24) is 0 Å². The Hall–Kier alpha value is -2.32. The third-order valence-corrected chi connectivity index (χ3v) is 4.95. The maximum Gasteiger partial charge on any atom is 0.220 e. The molecule has 23 heavy (non-hydrogen) atoms. The Balaban J connectivity index is 1.90. The van der Waals surface area contributed by atoms with Crippen LogP contribution in [0.1, 0.15) is 32.3 Å². The second-order valence-electron chi connectivity index (χ2n) is 5.47. The predicted octanol–water partition coefficient (Wildman–Crippen LogP) is 5.66. The molecule has 0 radical (unpaired) electrons. The van der Waals surface area contributed by atoms with E-state index in [4.69, 9.17) is 0 Å². The molecule has 0 amide bonds. The molecular weight excluding hydrogens is 300 g/mol. The van der Waals surface area contributed by atoms with Gasteiger partial charge in [0.05, 0.1) is 5.25 Å². The first kappa shape index (κ1) is 15.6. The van der Waals surface area contributed by atoms with E-state index in [2.05, 4.69) is 24.3 Å². The van der Waals surface area contributed by atoms with Crippen LogP contribution < -0.4 is 0 Å². The molecule has 0 heterocycles. The third kappa shape index (κ3) is 3.91. The molecule has 0 unspecified atom stereocenters. The van der Waals surface area contributed by atoms with Crippen LogP contribution in [0.5, 0.6) is 0 Å². The Bertz CT molecular complexity index is 724. The van der Waals surface area contributed by atoms with E-state index in [0.29, 0.717) is 0 Å². The van der Waals surface area contributed by atoms with Crippen molar-refractivity contribution < 1.29 is 4.79 Å². The first-order valence-corrected chi connectivity index (χ1v) is 8.49. The Morgan fingerprint density at radius 1 is 0.739 bits per heavy atom. The summed E-state index contributed by atoms with van der Waals surface area (Å²) in [6, 6.07) is 28.1. The molecule has 0 aromatic heterocycles. The quantitative estimate of drug-likeness (QED) is 0.617. The third-order valence-electron chi connectivity index (χ3n) is 3.72. The van der Waals surface area contributed by atoms with E-state index in [1.54, 1.807) is 0 Å². The number of hydrogen-bond donors (Lipinski definition) is 0. The molecule has 3 aromatic carbocycles. The van der Waals surface area contributed by atoms with E-state index < -0.39 is 0 Å². The van der Waals surface area contributed by atoms with Crippen LogP contribution in [0.3, 0.4) is 0 Å². The van der Waals surface area contributed by atoms with Crippen LogP contribution in [-0.4, -0.2) is 5.12 Å². The molecule has 0 aliphatic heterocycles. The molecule has 2 heteroatoms. The first-order valence-electron chi connectivity index (χ1n) is 7.61. The van der Waals surface area contributed by atoms with Gasteiger partial charge in [-0.25, -0.2) is 0 Å². The maximum atomic E-state index is 12.7. The lowest BCUT2D eigenvalue weighted by Gasteiger charge is -2.17. The van der Waals surface area contributed by atoms with Gasteiger partial charge in [0.1, 0.15) is 0 Å². The number of aryl methyl sites for hydroxylation is 1. The summed E-state index contributed by atoms with van der Waals surface area (Å²) in [5, 5.41) is 0.105. The minimum absolute atomic E-state index is 0.00574. The topological polar surface area (TPSA) is 17.1 Å². The minimum Gasteiger partial charge on any atom is -0.282 e. The molecule has 114 valence electrons. The van der Waals surface area contributed by atoms with Crippen molar-refractivity contribution in [2.24, 2.45) is 0 Å². The number of benzene rings is 3. The van der Waals surface area contributed by atoms with Crippen molar-refractivity contribution in [2.75, 3.05) is 0 Å². The number of carbonyl (C=O) groups excluding carboxylic acids is 1. The lowest BCUT2D eigenvalue weighted by atomic mass is 10.0. The van der Waals surface area contributed by atoms with Gasteiger partial charge in [0.15, 0.2) is 0 Å². The summed E-state index contributed by atoms with van der Waals surface area (Å²) in [5.41, 5.74) is 4.19. The van der Waals surface area contributed by atoms with Crippen molar-refractivity contribution >= 4 is 16.9 Å². The maximum absolute atomic E-state index is 12.7. The number of hydrogen-bond acceptors (Lipinski definition) is 2. The van der Waals surface area contributed by atoms with Gasteiger partial charge in [-0.1, -0.05) is 102 Å². The summed E-state index contributed by atoms with van der Waals surface area (Å²) in [7, 11) is 0. The van der Waals surface area contributed by atoms with Gasteiger partial charge in [-0.2, -0.15) is 0 Å². The molecule has 1 nitrogen and oxygen atoms in total. The minimum atomic E-state index is 0.00574. The van der Waals surface area contributed by atoms with Gasteiger partial charge in [0.2, 0.25) is 5.12 Å². The van der Waals surface area contributed by atoms with Crippen LogP contribution >= 0.6 is 11.8 Å². The molecule has 0 saturated heterocycles. The summed E-state index contributed by atoms with van der Waals surface area (Å²) in [6.45, 7) is 2.03. The van der Waals surface area contributed by atoms with E-state index in [1.807, 2.05) is 67.6 Å². The average Bonchev–Trinajstić information content (AvgIpc) is 2.61. The fourth-order valence-electron chi connectivity index (χ4n) is 2.45. The summed E-state index contributed by atoms with van der Waals surface area (Å²) in [6.07, 6.45) is 0. The highest BCUT2D eigenvalue weighted by atomic mass is 32.2. The number of thioether (sulfide) groups is 1. The van der Waals surface area contributed by atoms with Crippen LogP contribution in [0.15, 0.2) is 84.9 Å². The molecule has 0 aliphatic rings. The Morgan fingerprint density at radius 3 is 1.70 bits per heavy atom. The van der Waals surface area contributed by atoms with E-state index >= 15 is 0 Å². The molecule has 0 fully saturated rings. The first-order chi connectivity index (χ1) is 11.2. The van der Waals surface area contributed by atoms with Crippen molar-refractivity contribution in [3.05, 3.63) is 107 Å². The highest BCUT2D eigenvalue weighted by Gasteiger charge is 2.19. The second kappa shape index (κ2) is 7.30. The van der Waals surface area contributed by atoms with Crippen LogP contribution in [0.2, 0.25) is 0 Å². The van der Waals surface area contributed by atoms with E-state index in [0.717, 1.165) is 22.3 Å². The van der Waals surface area contributed by atoms with Gasteiger partial charge < -0.3 is 0 Å². The van der Waals surface area contributed by atoms with Crippen molar-refractivity contribution in [3.8, 4) is 0 Å². The van der Waals surface area contributed by atoms with Gasteiger partial charge in [0.25, 0.3) is 0 Å². The Morgan fingerprint density at radius 2 is 1.22 bits per heavy atom. The van der Waals surface area contributed by atoms with Gasteiger partial charge in [-0.05, 0) is 18.1 Å². The Kier molecular flexibility index (Phi) is 4.94. The van der Waals surface area contributed by atoms with Crippen LogP contribution in [0, 0.1) is 6.92 Å². The summed E-state index contributed by atoms with van der Waals surface area (Å²) >= 11 is 1.37. The van der Waals surface area contributed by atoms with E-state index in [9.17, 15) is 4.79 Å². The molecule has 0 spiro atoms. The normalized spacial score (nSPS) is 10.7. The van der Waals surface area contributed by atoms with Crippen LogP contribution in [-0.2, 0) is 0 Å². The standard InChI is InChI=1S/C21H18OS/c1-16-12-14-19(15-13-16)21(22)23-20(17-8-4-2-5-9-17)18-10-6-3-7-11-18/h2-15,20H,1H3. The smallest absolute Gasteiger partial charge is 0.220 e. The van der Waals surface area contributed by atoms with Crippen molar-refractivity contribution in [2.45, 2.75) is 12.2 Å². The molecule has 0 N–H and O–H groups in total. The van der Waals surface area contributed by atoms with E-state index in [-0.39, 0.29) is 10.4 Å². The fraction of sp³-hybridized carbons (Fsp3) is 0.0952. The average molecular weight is 318 g/mol. The van der Waals surface area contributed by atoms with Gasteiger partial charge >= 0.3 is 0 Å². The van der Waals surface area contributed by atoms with Crippen LogP contribution in [0.4, 0.5) is 0 Å². The fourth-order valence-corrected chi connectivity index (χ4v) is 3.52. The highest BCUT2D eigenvalue weighted by molar-refractivity contribution is 8.14. The van der Waals surface area contributed by atoms with Crippen molar-refractivity contribution in [1.29, 1.82) is 0 Å². The zero-order chi connectivity index (χ0) is 16.1. The SMILES string of the molecule is Cc1ccc(C(=O)SC(c2ccccc2)c2ccccc2)cc1. The summed E-state index contributed by atoms with van der Waals surface area (Å²) in [4.78, 5) is 12.7. The zero-order valence-corrected chi connectivity index (χ0v) is 13.8. The van der Waals surface area contributed by atoms with Gasteiger partial charge in [-0.15, -0.1) is 0 Å². The molecule has 0 aliphatic carbocycles. The van der Waals surface area contributed by atoms with Crippen LogP contribution in [0.25, 0.3) is 0 Å². The molecular formula is C21H18OS. The van der Waals surface area contributed by atoms with Gasteiger partial charge in [0, 0.05) is 5.56 Å². The van der Waals surface area contributed by atoms with E-state index in [1.165, 1.54) is 11.8 Å². The molecule has 0 saturated carbocycles. The zero-order valence-electron chi connectivity index (χ0n) is 13.0. The number of rotatable bonds is 4. The van der Waals surface area contributed by atoms with Gasteiger partial charge in [-0.3, -0.25) is 4.79 Å². The molecule has 3 aromatic rings. The summed E-state index contributed by atoms with van der Waals surface area (Å²) in [5.74, 6) is 0. The molecule has 0 atom stereocenters. The molecule has 0 bridgehead atoms.